The number of alkyl halides is 2. The fourth-order valence-electron chi connectivity index (χ4n) is 1.92. The lowest BCUT2D eigenvalue weighted by Crippen LogP contribution is -2.25. The Bertz CT molecular complexity index is 756. The summed E-state index contributed by atoms with van der Waals surface area (Å²) in [5.41, 5.74) is 0.853. The molecule has 0 spiro atoms. The van der Waals surface area contributed by atoms with Crippen molar-refractivity contribution in [3.8, 4) is 17.6 Å². The van der Waals surface area contributed by atoms with E-state index in [0.717, 1.165) is 6.07 Å². The van der Waals surface area contributed by atoms with Gasteiger partial charge in [-0.15, -0.1) is 8.78 Å². The van der Waals surface area contributed by atoms with E-state index < -0.39 is 12.1 Å². The molecule has 1 aliphatic heterocycles. The SMILES string of the molecule is N#Cc1cc(F)cc(Nc2ccc3c(c2)OC(F)(F)O3)c1. The van der Waals surface area contributed by atoms with Gasteiger partial charge >= 0.3 is 6.29 Å². The summed E-state index contributed by atoms with van der Waals surface area (Å²) in [6.07, 6.45) is -3.69. The van der Waals surface area contributed by atoms with E-state index in [1.807, 2.05) is 6.07 Å². The molecule has 0 aliphatic carbocycles. The maximum atomic E-state index is 13.3. The molecule has 2 aromatic carbocycles. The molecule has 0 amide bonds. The Labute approximate surface area is 117 Å². The van der Waals surface area contributed by atoms with Crippen LogP contribution in [-0.4, -0.2) is 6.29 Å². The van der Waals surface area contributed by atoms with Crippen molar-refractivity contribution in [1.82, 2.24) is 0 Å². The largest absolute Gasteiger partial charge is 0.586 e. The Kier molecular flexibility index (Phi) is 2.87. The molecule has 7 heteroatoms. The van der Waals surface area contributed by atoms with E-state index in [1.54, 1.807) is 0 Å². The van der Waals surface area contributed by atoms with E-state index in [2.05, 4.69) is 14.8 Å². The van der Waals surface area contributed by atoms with E-state index >= 15 is 0 Å². The van der Waals surface area contributed by atoms with Gasteiger partial charge in [0.2, 0.25) is 0 Å². The van der Waals surface area contributed by atoms with Crippen molar-refractivity contribution >= 4 is 11.4 Å². The topological polar surface area (TPSA) is 54.3 Å². The van der Waals surface area contributed by atoms with Crippen molar-refractivity contribution in [3.05, 3.63) is 47.8 Å². The van der Waals surface area contributed by atoms with Gasteiger partial charge in [0.05, 0.1) is 11.6 Å². The zero-order chi connectivity index (χ0) is 15.0. The number of halogens is 3. The number of benzene rings is 2. The first-order valence-corrected chi connectivity index (χ1v) is 5.83. The fourth-order valence-corrected chi connectivity index (χ4v) is 1.92. The third kappa shape index (κ3) is 2.69. The van der Waals surface area contributed by atoms with Crippen molar-refractivity contribution in [2.75, 3.05) is 5.32 Å². The van der Waals surface area contributed by atoms with Gasteiger partial charge in [-0.1, -0.05) is 0 Å². The van der Waals surface area contributed by atoms with E-state index in [-0.39, 0.29) is 17.1 Å². The van der Waals surface area contributed by atoms with E-state index in [9.17, 15) is 13.2 Å². The molecular weight excluding hydrogens is 285 g/mol. The predicted octanol–water partition coefficient (Wildman–Crippen LogP) is 3.76. The van der Waals surface area contributed by atoms with Crippen LogP contribution in [0.3, 0.4) is 0 Å². The van der Waals surface area contributed by atoms with Gasteiger partial charge in [-0.25, -0.2) is 4.39 Å². The fraction of sp³-hybridized carbons (Fsp3) is 0.0714. The average Bonchev–Trinajstić information content (AvgIpc) is 2.71. The third-order valence-electron chi connectivity index (χ3n) is 2.72. The number of rotatable bonds is 2. The predicted molar refractivity (Wildman–Crippen MR) is 67.0 cm³/mol. The standard InChI is InChI=1S/C14H7F3N2O2/c15-9-3-8(7-18)4-11(5-9)19-10-1-2-12-13(6-10)21-14(16,17)20-12/h1-6,19H. The maximum Gasteiger partial charge on any atom is 0.586 e. The van der Waals surface area contributed by atoms with E-state index in [4.69, 9.17) is 5.26 Å². The molecule has 0 aromatic heterocycles. The molecule has 1 heterocycles. The third-order valence-corrected chi connectivity index (χ3v) is 2.72. The number of nitrogens with zero attached hydrogens (tertiary/aromatic N) is 1. The quantitative estimate of drug-likeness (QED) is 0.915. The Balaban J connectivity index is 1.87. The van der Waals surface area contributed by atoms with Crippen LogP contribution in [0.4, 0.5) is 24.5 Å². The molecular formula is C14H7F3N2O2. The van der Waals surface area contributed by atoms with Crippen LogP contribution in [0.25, 0.3) is 0 Å². The zero-order valence-electron chi connectivity index (χ0n) is 10.4. The van der Waals surface area contributed by atoms with Crippen LogP contribution in [-0.2, 0) is 0 Å². The van der Waals surface area contributed by atoms with E-state index in [1.165, 1.54) is 30.3 Å². The molecule has 0 radical (unpaired) electrons. The number of hydrogen-bond acceptors (Lipinski definition) is 4. The van der Waals surface area contributed by atoms with Crippen LogP contribution in [0.15, 0.2) is 36.4 Å². The number of nitrogens with one attached hydrogen (secondary N) is 1. The summed E-state index contributed by atoms with van der Waals surface area (Å²) in [6.45, 7) is 0. The van der Waals surface area contributed by atoms with Crippen molar-refractivity contribution in [2.24, 2.45) is 0 Å². The Morgan fingerprint density at radius 3 is 2.52 bits per heavy atom. The lowest BCUT2D eigenvalue weighted by Gasteiger charge is -2.07. The highest BCUT2D eigenvalue weighted by Crippen LogP contribution is 2.42. The number of nitriles is 1. The summed E-state index contributed by atoms with van der Waals surface area (Å²) < 4.78 is 47.7. The Morgan fingerprint density at radius 2 is 1.76 bits per heavy atom. The van der Waals surface area contributed by atoms with Crippen LogP contribution in [0.5, 0.6) is 11.5 Å². The summed E-state index contributed by atoms with van der Waals surface area (Å²) in [5.74, 6) is -0.784. The highest BCUT2D eigenvalue weighted by Gasteiger charge is 2.43. The molecule has 0 atom stereocenters. The van der Waals surface area contributed by atoms with E-state index in [0.29, 0.717) is 11.4 Å². The summed E-state index contributed by atoms with van der Waals surface area (Å²) in [6, 6.07) is 9.60. The van der Waals surface area contributed by atoms with Crippen LogP contribution >= 0.6 is 0 Å². The minimum atomic E-state index is -3.69. The van der Waals surface area contributed by atoms with Gasteiger partial charge in [0, 0.05) is 17.4 Å². The number of anilines is 2. The minimum absolute atomic E-state index is 0.0810. The highest BCUT2D eigenvalue weighted by atomic mass is 19.3. The monoisotopic (exact) mass is 292 g/mol. The van der Waals surface area contributed by atoms with Gasteiger partial charge in [0.15, 0.2) is 11.5 Å². The molecule has 0 saturated heterocycles. The summed E-state index contributed by atoms with van der Waals surface area (Å²) >= 11 is 0. The molecule has 3 rings (SSSR count). The highest BCUT2D eigenvalue weighted by molar-refractivity contribution is 5.65. The smallest absolute Gasteiger partial charge is 0.395 e. The van der Waals surface area contributed by atoms with Gasteiger partial charge in [-0.2, -0.15) is 5.26 Å². The van der Waals surface area contributed by atoms with Crippen molar-refractivity contribution in [2.45, 2.75) is 6.29 Å². The molecule has 0 bridgehead atoms. The molecule has 1 N–H and O–H groups in total. The second-order valence-corrected chi connectivity index (χ2v) is 4.29. The molecule has 0 saturated carbocycles. The molecule has 21 heavy (non-hydrogen) atoms. The van der Waals surface area contributed by atoms with Crippen molar-refractivity contribution in [3.63, 3.8) is 0 Å². The molecule has 106 valence electrons. The molecule has 4 nitrogen and oxygen atoms in total. The van der Waals surface area contributed by atoms with Gasteiger partial charge in [-0.05, 0) is 30.3 Å². The first kappa shape index (κ1) is 13.1. The summed E-state index contributed by atoms with van der Waals surface area (Å²) in [4.78, 5) is 0. The number of hydrogen-bond donors (Lipinski definition) is 1. The Hall–Kier alpha value is -2.88. The summed E-state index contributed by atoms with van der Waals surface area (Å²) in [7, 11) is 0. The summed E-state index contributed by atoms with van der Waals surface area (Å²) in [5, 5.41) is 11.6. The minimum Gasteiger partial charge on any atom is -0.395 e. The van der Waals surface area contributed by atoms with Crippen LogP contribution in [0, 0.1) is 17.1 Å². The number of fused-ring (bicyclic) bond motifs is 1. The molecule has 0 unspecified atom stereocenters. The first-order chi connectivity index (χ1) is 9.95. The van der Waals surface area contributed by atoms with Crippen LogP contribution in [0.2, 0.25) is 0 Å². The second-order valence-electron chi connectivity index (χ2n) is 4.29. The first-order valence-electron chi connectivity index (χ1n) is 5.83. The zero-order valence-corrected chi connectivity index (χ0v) is 10.4. The molecule has 1 aliphatic rings. The maximum absolute atomic E-state index is 13.3. The second kappa shape index (κ2) is 4.59. The van der Waals surface area contributed by atoms with Crippen molar-refractivity contribution in [1.29, 1.82) is 5.26 Å². The Morgan fingerprint density at radius 1 is 1.00 bits per heavy atom. The lowest BCUT2D eigenvalue weighted by molar-refractivity contribution is -0.286. The van der Waals surface area contributed by atoms with Crippen LogP contribution < -0.4 is 14.8 Å². The average molecular weight is 292 g/mol. The van der Waals surface area contributed by atoms with Gasteiger partial charge in [0.1, 0.15) is 5.82 Å². The number of ether oxygens (including phenoxy) is 2. The van der Waals surface area contributed by atoms with Crippen molar-refractivity contribution < 1.29 is 22.6 Å². The molecule has 2 aromatic rings. The van der Waals surface area contributed by atoms with Crippen LogP contribution in [0.1, 0.15) is 5.56 Å². The van der Waals surface area contributed by atoms with Gasteiger partial charge in [-0.3, -0.25) is 0 Å². The van der Waals surface area contributed by atoms with Gasteiger partial charge < -0.3 is 14.8 Å². The normalized spacial score (nSPS) is 14.6. The van der Waals surface area contributed by atoms with Gasteiger partial charge in [0.25, 0.3) is 0 Å². The molecule has 0 fully saturated rings. The lowest BCUT2D eigenvalue weighted by atomic mass is 10.2.